The van der Waals surface area contributed by atoms with Crippen molar-refractivity contribution in [1.29, 1.82) is 0 Å². The highest BCUT2D eigenvalue weighted by Gasteiger charge is 2.11. The number of nitrogens with zero attached hydrogens (tertiary/aromatic N) is 3. The summed E-state index contributed by atoms with van der Waals surface area (Å²) in [6.07, 6.45) is 5.45. The molecule has 170 valence electrons. The van der Waals surface area contributed by atoms with Gasteiger partial charge in [0.05, 0.1) is 19.8 Å². The zero-order chi connectivity index (χ0) is 20.2. The summed E-state index contributed by atoms with van der Waals surface area (Å²) in [6, 6.07) is 8.94. The lowest BCUT2D eigenvalue weighted by Gasteiger charge is -2.26. The summed E-state index contributed by atoms with van der Waals surface area (Å²) in [6.45, 7) is 12.9. The van der Waals surface area contributed by atoms with E-state index < -0.39 is 0 Å². The minimum absolute atomic E-state index is 0. The van der Waals surface area contributed by atoms with E-state index in [4.69, 9.17) is 9.73 Å². The molecule has 1 aromatic carbocycles. The standard InChI is InChI=1S/C23H39N5O.HI/c1-2-24-23(25-10-13-27-14-16-29-17-15-27)26-19-21-8-7-9-22(18-21)20-28-11-5-3-4-6-12-28;/h7-9,18H,2-6,10-17,19-20H2,1H3,(H2,24,25,26);1H. The van der Waals surface area contributed by atoms with Gasteiger partial charge in [0.25, 0.3) is 0 Å². The Kier molecular flexibility index (Phi) is 12.7. The molecule has 0 aliphatic carbocycles. The van der Waals surface area contributed by atoms with Crippen molar-refractivity contribution in [3.05, 3.63) is 35.4 Å². The quantitative estimate of drug-likeness (QED) is 0.308. The van der Waals surface area contributed by atoms with Gasteiger partial charge in [0.1, 0.15) is 0 Å². The maximum absolute atomic E-state index is 5.42. The van der Waals surface area contributed by atoms with Gasteiger partial charge < -0.3 is 15.4 Å². The molecule has 0 amide bonds. The fourth-order valence-electron chi connectivity index (χ4n) is 4.05. The maximum atomic E-state index is 5.42. The normalized spacial score (nSPS) is 19.0. The Balaban J connectivity index is 0.00000320. The number of guanidine groups is 1. The maximum Gasteiger partial charge on any atom is 0.191 e. The highest BCUT2D eigenvalue weighted by Crippen LogP contribution is 2.14. The lowest BCUT2D eigenvalue weighted by atomic mass is 10.1. The predicted molar refractivity (Wildman–Crippen MR) is 136 cm³/mol. The van der Waals surface area contributed by atoms with E-state index in [1.54, 1.807) is 0 Å². The highest BCUT2D eigenvalue weighted by atomic mass is 127. The second-order valence-corrected chi connectivity index (χ2v) is 8.09. The van der Waals surface area contributed by atoms with Crippen molar-refractivity contribution < 1.29 is 4.74 Å². The first-order valence-corrected chi connectivity index (χ1v) is 11.5. The topological polar surface area (TPSA) is 52.1 Å². The molecule has 0 aromatic heterocycles. The van der Waals surface area contributed by atoms with Crippen LogP contribution in [0.1, 0.15) is 43.7 Å². The summed E-state index contributed by atoms with van der Waals surface area (Å²) in [5.74, 6) is 0.902. The van der Waals surface area contributed by atoms with Gasteiger partial charge in [0.2, 0.25) is 0 Å². The van der Waals surface area contributed by atoms with Crippen molar-refractivity contribution in [3.8, 4) is 0 Å². The van der Waals surface area contributed by atoms with Crippen LogP contribution in [0.15, 0.2) is 29.3 Å². The average Bonchev–Trinajstić information content (AvgIpc) is 3.02. The summed E-state index contributed by atoms with van der Waals surface area (Å²) in [5.41, 5.74) is 2.69. The fraction of sp³-hybridized carbons (Fsp3) is 0.696. The van der Waals surface area contributed by atoms with Crippen molar-refractivity contribution in [2.75, 3.05) is 59.0 Å². The van der Waals surface area contributed by atoms with Gasteiger partial charge in [0, 0.05) is 39.3 Å². The Labute approximate surface area is 199 Å². The third-order valence-electron chi connectivity index (χ3n) is 5.68. The molecule has 2 saturated heterocycles. The van der Waals surface area contributed by atoms with Crippen LogP contribution in [0.25, 0.3) is 0 Å². The molecule has 30 heavy (non-hydrogen) atoms. The zero-order valence-corrected chi connectivity index (χ0v) is 20.9. The fourth-order valence-corrected chi connectivity index (χ4v) is 4.05. The molecule has 2 aliphatic rings. The van der Waals surface area contributed by atoms with Crippen LogP contribution < -0.4 is 10.6 Å². The van der Waals surface area contributed by atoms with Crippen LogP contribution in [0, 0.1) is 0 Å². The second kappa shape index (κ2) is 15.0. The molecule has 0 spiro atoms. The van der Waals surface area contributed by atoms with Gasteiger partial charge in [-0.3, -0.25) is 9.80 Å². The molecule has 0 atom stereocenters. The summed E-state index contributed by atoms with van der Waals surface area (Å²) in [7, 11) is 0. The summed E-state index contributed by atoms with van der Waals surface area (Å²) < 4.78 is 5.42. The molecule has 2 aliphatic heterocycles. The first-order valence-electron chi connectivity index (χ1n) is 11.5. The zero-order valence-electron chi connectivity index (χ0n) is 18.6. The number of likely N-dealkylation sites (tertiary alicyclic amines) is 1. The molecule has 6 nitrogen and oxygen atoms in total. The molecule has 2 heterocycles. The number of ether oxygens (including phenoxy) is 1. The first kappa shape index (κ1) is 25.4. The lowest BCUT2D eigenvalue weighted by molar-refractivity contribution is 0.0389. The Morgan fingerprint density at radius 2 is 1.70 bits per heavy atom. The van der Waals surface area contributed by atoms with E-state index in [0.29, 0.717) is 6.54 Å². The number of benzene rings is 1. The third kappa shape index (κ3) is 9.49. The van der Waals surface area contributed by atoms with Crippen molar-refractivity contribution in [3.63, 3.8) is 0 Å². The van der Waals surface area contributed by atoms with Crippen molar-refractivity contribution in [2.45, 2.75) is 45.7 Å². The van der Waals surface area contributed by atoms with Gasteiger partial charge in [-0.05, 0) is 44.0 Å². The van der Waals surface area contributed by atoms with E-state index in [2.05, 4.69) is 51.6 Å². The Hall–Kier alpha value is -0.900. The Morgan fingerprint density at radius 1 is 0.967 bits per heavy atom. The summed E-state index contributed by atoms with van der Waals surface area (Å²) in [4.78, 5) is 9.85. The van der Waals surface area contributed by atoms with E-state index in [1.807, 2.05) is 0 Å². The molecule has 0 radical (unpaired) electrons. The van der Waals surface area contributed by atoms with E-state index in [0.717, 1.165) is 58.4 Å². The molecule has 2 N–H and O–H groups in total. The van der Waals surface area contributed by atoms with Crippen molar-refractivity contribution in [1.82, 2.24) is 20.4 Å². The van der Waals surface area contributed by atoms with E-state index in [-0.39, 0.29) is 24.0 Å². The summed E-state index contributed by atoms with van der Waals surface area (Å²) in [5, 5.41) is 6.84. The molecule has 7 heteroatoms. The number of rotatable bonds is 8. The van der Waals surface area contributed by atoms with Gasteiger partial charge in [-0.25, -0.2) is 4.99 Å². The monoisotopic (exact) mass is 529 g/mol. The van der Waals surface area contributed by atoms with Crippen LogP contribution in [0.4, 0.5) is 0 Å². The number of nitrogens with one attached hydrogen (secondary N) is 2. The first-order chi connectivity index (χ1) is 14.3. The van der Waals surface area contributed by atoms with Crippen LogP contribution in [0.5, 0.6) is 0 Å². The number of morpholine rings is 1. The molecule has 0 unspecified atom stereocenters. The highest BCUT2D eigenvalue weighted by molar-refractivity contribution is 14.0. The molecule has 1 aromatic rings. The van der Waals surface area contributed by atoms with Crippen LogP contribution >= 0.6 is 24.0 Å². The number of aliphatic imine (C=N–C) groups is 1. The van der Waals surface area contributed by atoms with Gasteiger partial charge in [-0.15, -0.1) is 24.0 Å². The SMILES string of the molecule is CCNC(=NCc1cccc(CN2CCCCCC2)c1)NCCN1CCOCC1.I. The largest absolute Gasteiger partial charge is 0.379 e. The molecule has 3 rings (SSSR count). The van der Waals surface area contributed by atoms with Gasteiger partial charge >= 0.3 is 0 Å². The smallest absolute Gasteiger partial charge is 0.191 e. The molecule has 0 bridgehead atoms. The van der Waals surface area contributed by atoms with Crippen LogP contribution in [-0.2, 0) is 17.8 Å². The molecule has 0 saturated carbocycles. The van der Waals surface area contributed by atoms with E-state index >= 15 is 0 Å². The van der Waals surface area contributed by atoms with Crippen LogP contribution in [0.2, 0.25) is 0 Å². The molecule has 2 fully saturated rings. The number of halogens is 1. The Bertz CT molecular complexity index is 613. The van der Waals surface area contributed by atoms with Gasteiger partial charge in [-0.1, -0.05) is 37.1 Å². The Morgan fingerprint density at radius 3 is 2.43 bits per heavy atom. The lowest BCUT2D eigenvalue weighted by Crippen LogP contribution is -2.44. The predicted octanol–water partition coefficient (Wildman–Crippen LogP) is 3.07. The number of hydrogen-bond acceptors (Lipinski definition) is 4. The van der Waals surface area contributed by atoms with E-state index in [9.17, 15) is 0 Å². The minimum Gasteiger partial charge on any atom is -0.379 e. The van der Waals surface area contributed by atoms with Crippen molar-refractivity contribution in [2.24, 2.45) is 4.99 Å². The van der Waals surface area contributed by atoms with Crippen LogP contribution in [0.3, 0.4) is 0 Å². The number of hydrogen-bond donors (Lipinski definition) is 2. The van der Waals surface area contributed by atoms with E-state index in [1.165, 1.54) is 49.9 Å². The summed E-state index contributed by atoms with van der Waals surface area (Å²) >= 11 is 0. The average molecular weight is 530 g/mol. The molecular weight excluding hydrogens is 489 g/mol. The van der Waals surface area contributed by atoms with Gasteiger partial charge in [-0.2, -0.15) is 0 Å². The molecular formula is C23H40IN5O. The second-order valence-electron chi connectivity index (χ2n) is 8.09. The van der Waals surface area contributed by atoms with Crippen LogP contribution in [-0.4, -0.2) is 74.8 Å². The third-order valence-corrected chi connectivity index (χ3v) is 5.68. The van der Waals surface area contributed by atoms with Crippen molar-refractivity contribution >= 4 is 29.9 Å². The van der Waals surface area contributed by atoms with Gasteiger partial charge in [0.15, 0.2) is 5.96 Å². The minimum atomic E-state index is 0.